The first-order valence-electron chi connectivity index (χ1n) is 4.95. The van der Waals surface area contributed by atoms with Crippen LogP contribution in [0.4, 0.5) is 0 Å². The lowest BCUT2D eigenvalue weighted by Gasteiger charge is -2.21. The second kappa shape index (κ2) is 3.33. The van der Waals surface area contributed by atoms with Gasteiger partial charge in [-0.25, -0.2) is 0 Å². The van der Waals surface area contributed by atoms with Crippen LogP contribution in [-0.2, 0) is 13.5 Å². The Morgan fingerprint density at radius 1 is 1.71 bits per heavy atom. The molecule has 3 N–H and O–H groups in total. The van der Waals surface area contributed by atoms with Crippen LogP contribution in [0.2, 0.25) is 0 Å². The molecule has 0 aromatic carbocycles. The van der Waals surface area contributed by atoms with Crippen molar-refractivity contribution in [3.8, 4) is 0 Å². The number of aryl methyl sites for hydroxylation is 1. The number of rotatable bonds is 4. The minimum Gasteiger partial charge on any atom is -0.271 e. The van der Waals surface area contributed by atoms with Gasteiger partial charge in [-0.1, -0.05) is 12.1 Å². The van der Waals surface area contributed by atoms with Crippen molar-refractivity contribution >= 4 is 0 Å². The molecule has 0 bridgehead atoms. The van der Waals surface area contributed by atoms with E-state index < -0.39 is 0 Å². The first kappa shape index (κ1) is 9.61. The quantitative estimate of drug-likeness (QED) is 0.524. The number of hydrogen-bond acceptors (Lipinski definition) is 4. The molecule has 0 saturated heterocycles. The summed E-state index contributed by atoms with van der Waals surface area (Å²) in [7, 11) is 1.88. The van der Waals surface area contributed by atoms with E-state index >= 15 is 0 Å². The lowest BCUT2D eigenvalue weighted by atomic mass is 9.95. The van der Waals surface area contributed by atoms with Crippen molar-refractivity contribution in [2.45, 2.75) is 32.2 Å². The number of aromatic nitrogens is 3. The Morgan fingerprint density at radius 3 is 2.86 bits per heavy atom. The van der Waals surface area contributed by atoms with Crippen molar-refractivity contribution in [3.05, 3.63) is 11.9 Å². The van der Waals surface area contributed by atoms with Crippen molar-refractivity contribution in [3.63, 3.8) is 0 Å². The van der Waals surface area contributed by atoms with Crippen LogP contribution in [0.5, 0.6) is 0 Å². The second-order valence-electron chi connectivity index (χ2n) is 4.46. The number of hydrogen-bond donors (Lipinski definition) is 2. The molecule has 0 aliphatic heterocycles. The molecule has 1 aromatic heterocycles. The fraction of sp³-hybridized carbons (Fsp3) is 0.778. The zero-order chi connectivity index (χ0) is 10.2. The van der Waals surface area contributed by atoms with Crippen LogP contribution >= 0.6 is 0 Å². The highest BCUT2D eigenvalue weighted by Crippen LogP contribution is 2.48. The molecule has 1 heterocycles. The monoisotopic (exact) mass is 195 g/mol. The van der Waals surface area contributed by atoms with Gasteiger partial charge >= 0.3 is 0 Å². The molecule has 78 valence electrons. The topological polar surface area (TPSA) is 68.8 Å². The van der Waals surface area contributed by atoms with Gasteiger partial charge in [-0.2, -0.15) is 0 Å². The SMILES string of the molecule is Cn1cc(CC(NN)C2(C)CC2)nn1. The molecule has 5 heteroatoms. The molecular weight excluding hydrogens is 178 g/mol. The van der Waals surface area contributed by atoms with E-state index in [9.17, 15) is 0 Å². The number of nitrogens with two attached hydrogens (primary N) is 1. The molecule has 0 amide bonds. The molecule has 14 heavy (non-hydrogen) atoms. The van der Waals surface area contributed by atoms with E-state index in [0.29, 0.717) is 11.5 Å². The van der Waals surface area contributed by atoms with Crippen LogP contribution in [-0.4, -0.2) is 21.0 Å². The molecule has 1 saturated carbocycles. The Morgan fingerprint density at radius 2 is 2.43 bits per heavy atom. The molecule has 1 atom stereocenters. The highest BCUT2D eigenvalue weighted by Gasteiger charge is 2.44. The van der Waals surface area contributed by atoms with Gasteiger partial charge in [-0.3, -0.25) is 16.0 Å². The maximum atomic E-state index is 5.55. The molecule has 2 rings (SSSR count). The summed E-state index contributed by atoms with van der Waals surface area (Å²) in [6, 6.07) is 0.319. The van der Waals surface area contributed by atoms with Gasteiger partial charge in [0.2, 0.25) is 0 Å². The second-order valence-corrected chi connectivity index (χ2v) is 4.46. The first-order chi connectivity index (χ1) is 6.64. The van der Waals surface area contributed by atoms with Crippen molar-refractivity contribution in [2.75, 3.05) is 0 Å². The van der Waals surface area contributed by atoms with Crippen LogP contribution in [0.1, 0.15) is 25.5 Å². The van der Waals surface area contributed by atoms with E-state index in [2.05, 4.69) is 22.7 Å². The molecule has 1 unspecified atom stereocenters. The van der Waals surface area contributed by atoms with Gasteiger partial charge < -0.3 is 0 Å². The van der Waals surface area contributed by atoms with E-state index in [1.54, 1.807) is 4.68 Å². The lowest BCUT2D eigenvalue weighted by Crippen LogP contribution is -2.42. The number of nitrogens with one attached hydrogen (secondary N) is 1. The third-order valence-electron chi connectivity index (χ3n) is 3.14. The molecule has 1 aliphatic carbocycles. The minimum absolute atomic E-state index is 0.319. The predicted octanol–water partition coefficient (Wildman–Crippen LogP) is -0.0104. The predicted molar refractivity (Wildman–Crippen MR) is 53.2 cm³/mol. The smallest absolute Gasteiger partial charge is 0.0843 e. The van der Waals surface area contributed by atoms with Gasteiger partial charge in [0.15, 0.2) is 0 Å². The zero-order valence-electron chi connectivity index (χ0n) is 8.70. The van der Waals surface area contributed by atoms with Crippen LogP contribution in [0.15, 0.2) is 6.20 Å². The van der Waals surface area contributed by atoms with Gasteiger partial charge in [0, 0.05) is 25.7 Å². The third kappa shape index (κ3) is 1.78. The molecule has 0 radical (unpaired) electrons. The Kier molecular flexibility index (Phi) is 2.28. The highest BCUT2D eigenvalue weighted by molar-refractivity contribution is 5.05. The van der Waals surface area contributed by atoms with Crippen molar-refractivity contribution < 1.29 is 0 Å². The van der Waals surface area contributed by atoms with E-state index in [1.165, 1.54) is 12.8 Å². The summed E-state index contributed by atoms with van der Waals surface area (Å²) in [5.74, 6) is 5.55. The maximum Gasteiger partial charge on any atom is 0.0843 e. The van der Waals surface area contributed by atoms with Crippen molar-refractivity contribution in [2.24, 2.45) is 18.3 Å². The highest BCUT2D eigenvalue weighted by atomic mass is 15.4. The largest absolute Gasteiger partial charge is 0.271 e. The molecule has 1 aromatic rings. The van der Waals surface area contributed by atoms with E-state index in [-0.39, 0.29) is 0 Å². The van der Waals surface area contributed by atoms with Crippen LogP contribution in [0.3, 0.4) is 0 Å². The standard InChI is InChI=1S/C9H17N5/c1-9(3-4-9)8(11-10)5-7-6-14(2)13-12-7/h6,8,11H,3-5,10H2,1-2H3. The summed E-state index contributed by atoms with van der Waals surface area (Å²) >= 11 is 0. The Labute approximate surface area is 83.6 Å². The fourth-order valence-corrected chi connectivity index (χ4v) is 1.75. The summed E-state index contributed by atoms with van der Waals surface area (Å²) in [6.07, 6.45) is 5.31. The Balaban J connectivity index is 2.01. The number of nitrogens with zero attached hydrogens (tertiary/aromatic N) is 3. The van der Waals surface area contributed by atoms with Crippen LogP contribution in [0.25, 0.3) is 0 Å². The normalized spacial score (nSPS) is 20.8. The molecule has 1 fully saturated rings. The number of hydrazine groups is 1. The first-order valence-corrected chi connectivity index (χ1v) is 4.95. The van der Waals surface area contributed by atoms with Gasteiger partial charge in [-0.05, 0) is 18.3 Å². The zero-order valence-corrected chi connectivity index (χ0v) is 8.70. The van der Waals surface area contributed by atoms with Crippen LogP contribution in [0, 0.1) is 5.41 Å². The van der Waals surface area contributed by atoms with E-state index in [0.717, 1.165) is 12.1 Å². The van der Waals surface area contributed by atoms with Gasteiger partial charge in [0.25, 0.3) is 0 Å². The van der Waals surface area contributed by atoms with Gasteiger partial charge in [0.1, 0.15) is 0 Å². The lowest BCUT2D eigenvalue weighted by molar-refractivity contribution is 0.357. The maximum absolute atomic E-state index is 5.55. The molecule has 5 nitrogen and oxygen atoms in total. The average Bonchev–Trinajstić information content (AvgIpc) is 2.76. The fourth-order valence-electron chi connectivity index (χ4n) is 1.75. The molecule has 1 aliphatic rings. The van der Waals surface area contributed by atoms with Gasteiger partial charge in [-0.15, -0.1) is 5.10 Å². The van der Waals surface area contributed by atoms with E-state index in [1.807, 2.05) is 13.2 Å². The van der Waals surface area contributed by atoms with Crippen molar-refractivity contribution in [1.29, 1.82) is 0 Å². The van der Waals surface area contributed by atoms with Crippen LogP contribution < -0.4 is 11.3 Å². The van der Waals surface area contributed by atoms with Crippen molar-refractivity contribution in [1.82, 2.24) is 20.4 Å². The molecular formula is C9H17N5. The Bertz CT molecular complexity index is 315. The summed E-state index contributed by atoms with van der Waals surface area (Å²) in [6.45, 7) is 2.26. The summed E-state index contributed by atoms with van der Waals surface area (Å²) in [4.78, 5) is 0. The third-order valence-corrected chi connectivity index (χ3v) is 3.14. The average molecular weight is 195 g/mol. The summed E-state index contributed by atoms with van der Waals surface area (Å²) in [5, 5.41) is 7.97. The Hall–Kier alpha value is -0.940. The van der Waals surface area contributed by atoms with E-state index in [4.69, 9.17) is 5.84 Å². The minimum atomic E-state index is 0.319. The van der Waals surface area contributed by atoms with Gasteiger partial charge in [0.05, 0.1) is 5.69 Å². The summed E-state index contributed by atoms with van der Waals surface area (Å²) < 4.78 is 1.72. The summed E-state index contributed by atoms with van der Waals surface area (Å²) in [5.41, 5.74) is 4.26. The molecule has 0 spiro atoms.